The molecule has 0 aliphatic carbocycles. The van der Waals surface area contributed by atoms with Gasteiger partial charge in [-0.05, 0) is 18.2 Å². The fraction of sp³-hybridized carbons (Fsp3) is 0.182. The van der Waals surface area contributed by atoms with Gasteiger partial charge >= 0.3 is 0 Å². The van der Waals surface area contributed by atoms with Crippen LogP contribution in [0.4, 0.5) is 0 Å². The van der Waals surface area contributed by atoms with Crippen molar-refractivity contribution in [2.75, 3.05) is 0 Å². The normalized spacial score (nSPS) is 9.87. The van der Waals surface area contributed by atoms with E-state index in [1.165, 1.54) is 0 Å². The molecule has 15 heavy (non-hydrogen) atoms. The monoisotopic (exact) mass is 199 g/mol. The van der Waals surface area contributed by atoms with Crippen LogP contribution in [0.2, 0.25) is 0 Å². The van der Waals surface area contributed by atoms with Gasteiger partial charge in [0.1, 0.15) is 0 Å². The van der Waals surface area contributed by atoms with Gasteiger partial charge in [-0.15, -0.1) is 0 Å². The summed E-state index contributed by atoms with van der Waals surface area (Å²) >= 11 is 0. The van der Waals surface area contributed by atoms with E-state index in [2.05, 4.69) is 16.2 Å². The van der Waals surface area contributed by atoms with Gasteiger partial charge in [0, 0.05) is 12.0 Å². The highest BCUT2D eigenvalue weighted by atomic mass is 16.5. The predicted molar refractivity (Wildman–Crippen MR) is 53.8 cm³/mol. The van der Waals surface area contributed by atoms with Crippen molar-refractivity contribution in [1.82, 2.24) is 10.1 Å². The molecule has 0 amide bonds. The molecule has 0 N–H and O–H groups in total. The van der Waals surface area contributed by atoms with Gasteiger partial charge < -0.3 is 4.52 Å². The second-order valence-electron chi connectivity index (χ2n) is 3.06. The quantitative estimate of drug-likeness (QED) is 0.743. The summed E-state index contributed by atoms with van der Waals surface area (Å²) < 4.78 is 5.07. The number of hydrogen-bond donors (Lipinski definition) is 0. The van der Waals surface area contributed by atoms with E-state index in [1.54, 1.807) is 18.2 Å². The summed E-state index contributed by atoms with van der Waals surface area (Å²) in [6.45, 7) is 1.96. The van der Waals surface area contributed by atoms with E-state index in [4.69, 9.17) is 9.78 Å². The SMILES string of the molecule is CCc1noc(-c2cccc(C#N)c2)n1. The minimum Gasteiger partial charge on any atom is -0.334 e. The van der Waals surface area contributed by atoms with E-state index in [9.17, 15) is 0 Å². The molecule has 0 aliphatic rings. The Morgan fingerprint density at radius 3 is 3.00 bits per heavy atom. The second kappa shape index (κ2) is 3.93. The predicted octanol–water partition coefficient (Wildman–Crippen LogP) is 2.17. The molecule has 0 bridgehead atoms. The van der Waals surface area contributed by atoms with Crippen LogP contribution in [0, 0.1) is 11.3 Å². The lowest BCUT2D eigenvalue weighted by atomic mass is 10.1. The zero-order valence-electron chi connectivity index (χ0n) is 8.27. The summed E-state index contributed by atoms with van der Waals surface area (Å²) in [6, 6.07) is 9.17. The Balaban J connectivity index is 2.41. The number of rotatable bonds is 2. The molecule has 1 aromatic heterocycles. The molecule has 0 saturated carbocycles. The van der Waals surface area contributed by atoms with Crippen LogP contribution in [0.1, 0.15) is 18.3 Å². The minimum absolute atomic E-state index is 0.462. The molecule has 74 valence electrons. The molecule has 0 unspecified atom stereocenters. The van der Waals surface area contributed by atoms with Crippen LogP contribution in [0.3, 0.4) is 0 Å². The van der Waals surface area contributed by atoms with Gasteiger partial charge in [-0.2, -0.15) is 10.2 Å². The van der Waals surface area contributed by atoms with Crippen molar-refractivity contribution in [1.29, 1.82) is 5.26 Å². The van der Waals surface area contributed by atoms with Crippen LogP contribution in [0.15, 0.2) is 28.8 Å². The van der Waals surface area contributed by atoms with Crippen LogP contribution < -0.4 is 0 Å². The van der Waals surface area contributed by atoms with E-state index in [-0.39, 0.29) is 0 Å². The Kier molecular flexibility index (Phi) is 2.46. The first-order chi connectivity index (χ1) is 7.33. The van der Waals surface area contributed by atoms with Crippen molar-refractivity contribution < 1.29 is 4.52 Å². The maximum atomic E-state index is 8.74. The number of benzene rings is 1. The summed E-state index contributed by atoms with van der Waals surface area (Å²) in [5.41, 5.74) is 1.37. The third kappa shape index (κ3) is 1.86. The molecule has 1 aromatic carbocycles. The summed E-state index contributed by atoms with van der Waals surface area (Å²) in [5, 5.41) is 12.5. The third-order valence-electron chi connectivity index (χ3n) is 2.02. The highest BCUT2D eigenvalue weighted by Crippen LogP contribution is 2.18. The van der Waals surface area contributed by atoms with E-state index < -0.39 is 0 Å². The number of hydrogen-bond acceptors (Lipinski definition) is 4. The average molecular weight is 199 g/mol. The first kappa shape index (κ1) is 9.41. The summed E-state index contributed by atoms with van der Waals surface area (Å²) in [7, 11) is 0. The number of aryl methyl sites for hydroxylation is 1. The highest BCUT2D eigenvalue weighted by Gasteiger charge is 2.07. The average Bonchev–Trinajstić information content (AvgIpc) is 2.78. The van der Waals surface area contributed by atoms with E-state index in [0.29, 0.717) is 17.3 Å². The zero-order valence-corrected chi connectivity index (χ0v) is 8.27. The van der Waals surface area contributed by atoms with Crippen LogP contribution in [0.5, 0.6) is 0 Å². The van der Waals surface area contributed by atoms with Gasteiger partial charge in [0.2, 0.25) is 0 Å². The van der Waals surface area contributed by atoms with Crippen LogP contribution in [-0.4, -0.2) is 10.1 Å². The van der Waals surface area contributed by atoms with Crippen LogP contribution in [-0.2, 0) is 6.42 Å². The fourth-order valence-electron chi connectivity index (χ4n) is 1.24. The Bertz CT molecular complexity index is 511. The van der Waals surface area contributed by atoms with E-state index >= 15 is 0 Å². The van der Waals surface area contributed by atoms with Gasteiger partial charge in [0.25, 0.3) is 5.89 Å². The molecule has 0 radical (unpaired) electrons. The first-order valence-electron chi connectivity index (χ1n) is 4.66. The fourth-order valence-corrected chi connectivity index (χ4v) is 1.24. The molecule has 4 heteroatoms. The maximum Gasteiger partial charge on any atom is 0.257 e. The maximum absolute atomic E-state index is 8.74. The smallest absolute Gasteiger partial charge is 0.257 e. The Morgan fingerprint density at radius 2 is 2.33 bits per heavy atom. The molecule has 1 heterocycles. The number of nitriles is 1. The lowest BCUT2D eigenvalue weighted by Gasteiger charge is -1.93. The topological polar surface area (TPSA) is 62.7 Å². The van der Waals surface area contributed by atoms with Gasteiger partial charge in [-0.3, -0.25) is 0 Å². The highest BCUT2D eigenvalue weighted by molar-refractivity contribution is 5.55. The lowest BCUT2D eigenvalue weighted by molar-refractivity contribution is 0.423. The minimum atomic E-state index is 0.462. The molecule has 0 saturated heterocycles. The van der Waals surface area contributed by atoms with Gasteiger partial charge in [0.05, 0.1) is 11.6 Å². The van der Waals surface area contributed by atoms with E-state index in [0.717, 1.165) is 12.0 Å². The summed E-state index contributed by atoms with van der Waals surface area (Å²) in [5.74, 6) is 1.14. The van der Waals surface area contributed by atoms with Gasteiger partial charge in [0.15, 0.2) is 5.82 Å². The zero-order chi connectivity index (χ0) is 10.7. The Labute approximate surface area is 87.2 Å². The Morgan fingerprint density at radius 1 is 1.47 bits per heavy atom. The molecule has 0 aliphatic heterocycles. The lowest BCUT2D eigenvalue weighted by Crippen LogP contribution is -1.83. The van der Waals surface area contributed by atoms with Crippen molar-refractivity contribution >= 4 is 0 Å². The van der Waals surface area contributed by atoms with Crippen molar-refractivity contribution in [3.8, 4) is 17.5 Å². The standard InChI is InChI=1S/C11H9N3O/c1-2-10-13-11(15-14-10)9-5-3-4-8(6-9)7-12/h3-6H,2H2,1H3. The molecule has 0 atom stereocenters. The summed E-state index contributed by atoms with van der Waals surface area (Å²) in [6.07, 6.45) is 0.738. The molecule has 2 rings (SSSR count). The first-order valence-corrected chi connectivity index (χ1v) is 4.66. The second-order valence-corrected chi connectivity index (χ2v) is 3.06. The van der Waals surface area contributed by atoms with Gasteiger partial charge in [-0.25, -0.2) is 0 Å². The molecular weight excluding hydrogens is 190 g/mol. The van der Waals surface area contributed by atoms with Gasteiger partial charge in [-0.1, -0.05) is 18.1 Å². The Hall–Kier alpha value is -2.15. The van der Waals surface area contributed by atoms with E-state index in [1.807, 2.05) is 13.0 Å². The molecule has 2 aromatic rings. The van der Waals surface area contributed by atoms with Crippen LogP contribution >= 0.6 is 0 Å². The largest absolute Gasteiger partial charge is 0.334 e. The van der Waals surface area contributed by atoms with Crippen molar-refractivity contribution in [3.05, 3.63) is 35.7 Å². The third-order valence-corrected chi connectivity index (χ3v) is 2.02. The molecule has 0 fully saturated rings. The van der Waals surface area contributed by atoms with Crippen molar-refractivity contribution in [3.63, 3.8) is 0 Å². The number of aromatic nitrogens is 2. The summed E-state index contributed by atoms with van der Waals surface area (Å²) in [4.78, 5) is 4.19. The molecule has 0 spiro atoms. The van der Waals surface area contributed by atoms with Crippen molar-refractivity contribution in [2.45, 2.75) is 13.3 Å². The van der Waals surface area contributed by atoms with Crippen LogP contribution in [0.25, 0.3) is 11.5 Å². The molecule has 4 nitrogen and oxygen atoms in total. The molecular formula is C11H9N3O. The van der Waals surface area contributed by atoms with Crippen molar-refractivity contribution in [2.24, 2.45) is 0 Å². The number of nitrogens with zero attached hydrogens (tertiary/aromatic N) is 3.